The number of benzene rings is 3. The molecule has 3 fully saturated rings. The number of fused-ring (bicyclic) bond motifs is 2. The van der Waals surface area contributed by atoms with Crippen LogP contribution in [0.1, 0.15) is 55.8 Å². The fraction of sp³-hybridized carbons (Fsp3) is 0.455. The Morgan fingerprint density at radius 3 is 2.31 bits per heavy atom. The number of rotatable bonds is 8. The number of carbonyl (C=O) groups excluding carboxylic acids is 1. The molecule has 0 radical (unpaired) electrons. The largest absolute Gasteiger partial charge is 0.395 e. The van der Waals surface area contributed by atoms with Crippen LogP contribution >= 0.6 is 11.3 Å². The van der Waals surface area contributed by atoms with Crippen LogP contribution in [-0.2, 0) is 10.0 Å². The number of thiazole rings is 1. The van der Waals surface area contributed by atoms with Crippen LogP contribution in [0.2, 0.25) is 0 Å². The number of aliphatic hydroxyl groups is 1. The second-order valence-corrected chi connectivity index (χ2v) is 16.4. The van der Waals surface area contributed by atoms with E-state index in [1.165, 1.54) is 17.9 Å². The highest BCUT2D eigenvalue weighted by Gasteiger charge is 2.45. The van der Waals surface area contributed by atoms with Gasteiger partial charge in [-0.3, -0.25) is 9.52 Å². The first kappa shape index (κ1) is 32.7. The minimum Gasteiger partial charge on any atom is -0.395 e. The van der Waals surface area contributed by atoms with Crippen LogP contribution in [0.25, 0.3) is 21.0 Å². The summed E-state index contributed by atoms with van der Waals surface area (Å²) < 4.78 is 73.8. The topological polar surface area (TPSA) is 141 Å². The van der Waals surface area contributed by atoms with Crippen molar-refractivity contribution in [3.05, 3.63) is 47.8 Å². The van der Waals surface area contributed by atoms with Crippen molar-refractivity contribution in [1.82, 2.24) is 4.98 Å². The molecule has 10 nitrogen and oxygen atoms in total. The number of nitrogens with one attached hydrogen (secondary N) is 2. The molecular weight excluding hydrogens is 666 g/mol. The summed E-state index contributed by atoms with van der Waals surface area (Å²) in [5, 5.41) is 12.4. The zero-order valence-corrected chi connectivity index (χ0v) is 28.0. The lowest BCUT2D eigenvalue weighted by molar-refractivity contribution is -0.0221. The lowest BCUT2D eigenvalue weighted by Crippen LogP contribution is -2.40. The highest BCUT2D eigenvalue weighted by molar-refractivity contribution is 7.93. The number of hydrogen-bond donors (Lipinski definition) is 4. The van der Waals surface area contributed by atoms with Gasteiger partial charge in [0.1, 0.15) is 16.5 Å². The van der Waals surface area contributed by atoms with E-state index in [0.717, 1.165) is 37.0 Å². The molecular formula is C33H37F3N6O4S2. The highest BCUT2D eigenvalue weighted by Crippen LogP contribution is 2.54. The van der Waals surface area contributed by atoms with E-state index in [0.29, 0.717) is 39.7 Å². The number of halogens is 3. The predicted molar refractivity (Wildman–Crippen MR) is 184 cm³/mol. The van der Waals surface area contributed by atoms with E-state index < -0.39 is 52.4 Å². The number of carbonyl (C=O) groups is 1. The molecule has 7 rings (SSSR count). The summed E-state index contributed by atoms with van der Waals surface area (Å²) in [4.78, 5) is 22.3. The van der Waals surface area contributed by atoms with Crippen LogP contribution in [0.5, 0.6) is 0 Å². The second kappa shape index (κ2) is 11.9. The number of nitrogens with zero attached hydrogens (tertiary/aromatic N) is 3. The number of alkyl halides is 2. The van der Waals surface area contributed by atoms with Gasteiger partial charge in [0.05, 0.1) is 33.9 Å². The van der Waals surface area contributed by atoms with Crippen molar-refractivity contribution in [2.24, 2.45) is 5.41 Å². The minimum atomic E-state index is -3.98. The normalized spacial score (nSPS) is 19.5. The van der Waals surface area contributed by atoms with Gasteiger partial charge in [-0.2, -0.15) is 0 Å². The summed E-state index contributed by atoms with van der Waals surface area (Å²) in [6.07, 6.45) is 3.31. The van der Waals surface area contributed by atoms with Crippen LogP contribution in [0.4, 0.5) is 41.1 Å². The number of nitrogens with two attached hydrogens (primary N) is 1. The summed E-state index contributed by atoms with van der Waals surface area (Å²) in [7, 11) is -3.98. The maximum Gasteiger partial charge on any atom is 0.258 e. The summed E-state index contributed by atoms with van der Waals surface area (Å²) in [6, 6.07) is 9.98. The van der Waals surface area contributed by atoms with Crippen molar-refractivity contribution < 1.29 is 31.5 Å². The van der Waals surface area contributed by atoms with Crippen LogP contribution in [-0.4, -0.2) is 68.4 Å². The van der Waals surface area contributed by atoms with E-state index in [2.05, 4.69) is 19.9 Å². The quantitative estimate of drug-likeness (QED) is 0.171. The van der Waals surface area contributed by atoms with Gasteiger partial charge in [-0.25, -0.2) is 26.6 Å². The molecule has 1 saturated carbocycles. The van der Waals surface area contributed by atoms with Gasteiger partial charge < -0.3 is 26.0 Å². The molecule has 1 amide bonds. The van der Waals surface area contributed by atoms with E-state index in [4.69, 9.17) is 5.73 Å². The van der Waals surface area contributed by atoms with Gasteiger partial charge in [-0.15, -0.1) is 0 Å². The maximum atomic E-state index is 16.5. The summed E-state index contributed by atoms with van der Waals surface area (Å²) in [5.41, 5.74) is 7.45. The Hall–Kier alpha value is -3.82. The molecule has 4 aromatic rings. The number of hydrogen-bond acceptors (Lipinski definition) is 9. The molecule has 3 heterocycles. The van der Waals surface area contributed by atoms with Gasteiger partial charge in [0.2, 0.25) is 10.0 Å². The fourth-order valence-electron chi connectivity index (χ4n) is 6.85. The summed E-state index contributed by atoms with van der Waals surface area (Å²) in [5.74, 6) is -4.26. The molecule has 1 aliphatic carbocycles. The predicted octanol–water partition coefficient (Wildman–Crippen LogP) is 6.16. The average molecular weight is 703 g/mol. The van der Waals surface area contributed by atoms with Gasteiger partial charge in [0, 0.05) is 44.4 Å². The van der Waals surface area contributed by atoms with Gasteiger partial charge >= 0.3 is 0 Å². The monoisotopic (exact) mass is 702 g/mol. The molecule has 1 unspecified atom stereocenters. The van der Waals surface area contributed by atoms with E-state index in [1.807, 2.05) is 0 Å². The number of sulfonamides is 1. The highest BCUT2D eigenvalue weighted by atomic mass is 32.2. The average Bonchev–Trinajstić information content (AvgIpc) is 3.70. The summed E-state index contributed by atoms with van der Waals surface area (Å²) in [6.45, 7) is 1.96. The molecule has 1 atom stereocenters. The van der Waals surface area contributed by atoms with E-state index in [1.54, 1.807) is 30.3 Å². The zero-order valence-electron chi connectivity index (χ0n) is 26.4. The third kappa shape index (κ3) is 6.00. The lowest BCUT2D eigenvalue weighted by atomic mass is 9.92. The standard InChI is InChI=1S/C33H37F3N6O4S2/c1-19(18-43)48(45,46)40-22-16-24(41-12-8-32(6-7-32)9-13-41)26(21-5-3-2-4-20(21)22)30(44)38-23-17-25-28(39-31(37)47-25)29(27(23)34)42-14-10-33(35,36)11-15-42/h2-5,16-17,19,40,43H,6-15,18H2,1H3,(H2,37,39)(H,38,44). The van der Waals surface area contributed by atoms with Crippen molar-refractivity contribution >= 4 is 76.1 Å². The van der Waals surface area contributed by atoms with Crippen molar-refractivity contribution in [3.63, 3.8) is 0 Å². The fourth-order valence-corrected chi connectivity index (χ4v) is 8.50. The Labute approximate surface area is 280 Å². The van der Waals surface area contributed by atoms with Crippen molar-refractivity contribution in [2.45, 2.75) is 56.6 Å². The number of aliphatic hydroxyl groups excluding tert-OH is 1. The van der Waals surface area contributed by atoms with E-state index in [9.17, 15) is 27.1 Å². The third-order valence-corrected chi connectivity index (χ3v) is 12.6. The Morgan fingerprint density at radius 2 is 1.67 bits per heavy atom. The maximum absolute atomic E-state index is 16.5. The first-order valence-electron chi connectivity index (χ1n) is 16.1. The number of piperidine rings is 2. The zero-order chi connectivity index (χ0) is 34.0. The Balaban J connectivity index is 1.33. The first-order valence-corrected chi connectivity index (χ1v) is 18.4. The summed E-state index contributed by atoms with van der Waals surface area (Å²) >= 11 is 1.10. The SMILES string of the molecule is CC(CO)S(=O)(=O)Nc1cc(N2CCC3(CC2)CC3)c(C(=O)Nc2cc3sc(N)nc3c(N3CCC(F)(F)CC3)c2F)c2ccccc12. The molecule has 5 N–H and O–H groups in total. The van der Waals surface area contributed by atoms with Crippen molar-refractivity contribution in [2.75, 3.05) is 58.4 Å². The molecule has 15 heteroatoms. The van der Waals surface area contributed by atoms with Crippen molar-refractivity contribution in [3.8, 4) is 0 Å². The van der Waals surface area contributed by atoms with Crippen molar-refractivity contribution in [1.29, 1.82) is 0 Å². The molecule has 2 aliphatic heterocycles. The molecule has 2 saturated heterocycles. The van der Waals surface area contributed by atoms with Gasteiger partial charge in [-0.05, 0) is 55.5 Å². The second-order valence-electron chi connectivity index (χ2n) is 13.3. The van der Waals surface area contributed by atoms with Gasteiger partial charge in [0.25, 0.3) is 11.8 Å². The van der Waals surface area contributed by atoms with E-state index >= 15 is 4.39 Å². The van der Waals surface area contributed by atoms with Crippen LogP contribution in [0.3, 0.4) is 0 Å². The van der Waals surface area contributed by atoms with Gasteiger partial charge in [-0.1, -0.05) is 35.6 Å². The minimum absolute atomic E-state index is 0.0184. The first-order chi connectivity index (χ1) is 22.8. The molecule has 3 aliphatic rings. The Bertz CT molecular complexity index is 2010. The Kier molecular flexibility index (Phi) is 8.14. The van der Waals surface area contributed by atoms with Crippen LogP contribution in [0.15, 0.2) is 36.4 Å². The number of anilines is 5. The molecule has 48 heavy (non-hydrogen) atoms. The Morgan fingerprint density at radius 1 is 1.02 bits per heavy atom. The molecule has 1 spiro atoms. The molecule has 0 bridgehead atoms. The van der Waals surface area contributed by atoms with Gasteiger partial charge in [0.15, 0.2) is 10.9 Å². The third-order valence-electron chi connectivity index (χ3n) is 10.1. The number of nitrogen functional groups attached to an aromatic ring is 1. The van der Waals surface area contributed by atoms with Crippen LogP contribution < -0.4 is 25.6 Å². The number of amides is 1. The molecule has 1 aromatic heterocycles. The van der Waals surface area contributed by atoms with Crippen LogP contribution in [0, 0.1) is 11.2 Å². The van der Waals surface area contributed by atoms with E-state index in [-0.39, 0.29) is 46.4 Å². The lowest BCUT2D eigenvalue weighted by Gasteiger charge is -2.35. The molecule has 256 valence electrons. The number of aromatic nitrogens is 1. The smallest absolute Gasteiger partial charge is 0.258 e. The molecule has 3 aromatic carbocycles.